The van der Waals surface area contributed by atoms with Crippen molar-refractivity contribution in [2.75, 3.05) is 46.1 Å². The number of likely N-dealkylation sites (N-methyl/N-ethyl adjacent to an activating group) is 1. The zero-order valence-electron chi connectivity index (χ0n) is 15.0. The summed E-state index contributed by atoms with van der Waals surface area (Å²) in [5, 5.41) is 11.4. The molecule has 1 heterocycles. The van der Waals surface area contributed by atoms with Crippen LogP contribution in [0.4, 0.5) is 0 Å². The van der Waals surface area contributed by atoms with Gasteiger partial charge in [-0.1, -0.05) is 6.07 Å². The standard InChI is InChI=1S/C17H24N4O4S/c1-19-17(22)16-13-20(8-9-21(16)26(2,23)24)7-4-10-25-15-6-3-5-14(11-15)12-18/h3,5-6,11,16H,4,7-10,13H2,1-2H3,(H,19,22). The summed E-state index contributed by atoms with van der Waals surface area (Å²) in [6.07, 6.45) is 1.86. The van der Waals surface area contributed by atoms with Crippen LogP contribution in [0.5, 0.6) is 5.75 Å². The predicted molar refractivity (Wildman–Crippen MR) is 97.1 cm³/mol. The maximum atomic E-state index is 12.0. The number of hydrogen-bond acceptors (Lipinski definition) is 6. The van der Waals surface area contributed by atoms with E-state index in [-0.39, 0.29) is 5.91 Å². The van der Waals surface area contributed by atoms with Crippen LogP contribution in [0.2, 0.25) is 0 Å². The van der Waals surface area contributed by atoms with Crippen molar-refractivity contribution in [1.29, 1.82) is 5.26 Å². The van der Waals surface area contributed by atoms with Crippen LogP contribution < -0.4 is 10.1 Å². The van der Waals surface area contributed by atoms with Crippen LogP contribution in [0.3, 0.4) is 0 Å². The molecule has 1 atom stereocenters. The number of nitrogens with zero attached hydrogens (tertiary/aromatic N) is 3. The molecule has 26 heavy (non-hydrogen) atoms. The van der Waals surface area contributed by atoms with E-state index in [1.54, 1.807) is 24.3 Å². The zero-order chi connectivity index (χ0) is 19.2. The number of piperazine rings is 1. The number of carbonyl (C=O) groups is 1. The lowest BCUT2D eigenvalue weighted by molar-refractivity contribution is -0.126. The highest BCUT2D eigenvalue weighted by Gasteiger charge is 2.36. The summed E-state index contributed by atoms with van der Waals surface area (Å²) in [5.74, 6) is 0.346. The lowest BCUT2D eigenvalue weighted by atomic mass is 10.2. The molecular formula is C17H24N4O4S. The van der Waals surface area contributed by atoms with Crippen molar-refractivity contribution in [1.82, 2.24) is 14.5 Å². The predicted octanol–water partition coefficient (Wildman–Crippen LogP) is 0.0190. The Labute approximate surface area is 154 Å². The molecule has 0 spiro atoms. The van der Waals surface area contributed by atoms with Crippen LogP contribution in [-0.4, -0.2) is 75.7 Å². The highest BCUT2D eigenvalue weighted by molar-refractivity contribution is 7.88. The fourth-order valence-electron chi connectivity index (χ4n) is 2.94. The van der Waals surface area contributed by atoms with E-state index >= 15 is 0 Å². The molecule has 0 bridgehead atoms. The Bertz CT molecular complexity index is 775. The minimum atomic E-state index is -3.43. The van der Waals surface area contributed by atoms with Crippen LogP contribution in [0.1, 0.15) is 12.0 Å². The molecular weight excluding hydrogens is 356 g/mol. The van der Waals surface area contributed by atoms with Gasteiger partial charge in [0.1, 0.15) is 11.8 Å². The quantitative estimate of drug-likeness (QED) is 0.669. The lowest BCUT2D eigenvalue weighted by Crippen LogP contribution is -2.60. The van der Waals surface area contributed by atoms with Crippen LogP contribution in [0.25, 0.3) is 0 Å². The third kappa shape index (κ3) is 5.42. The Balaban J connectivity index is 1.85. The van der Waals surface area contributed by atoms with Gasteiger partial charge in [0.2, 0.25) is 15.9 Å². The number of ether oxygens (including phenoxy) is 1. The first kappa shape index (κ1) is 20.2. The Morgan fingerprint density at radius 1 is 1.42 bits per heavy atom. The SMILES string of the molecule is CNC(=O)C1CN(CCCOc2cccc(C#N)c2)CCN1S(C)(=O)=O. The molecule has 2 rings (SSSR count). The maximum Gasteiger partial charge on any atom is 0.239 e. The van der Waals surface area contributed by atoms with Crippen molar-refractivity contribution in [3.63, 3.8) is 0 Å². The highest BCUT2D eigenvalue weighted by Crippen LogP contribution is 2.15. The smallest absolute Gasteiger partial charge is 0.239 e. The molecule has 142 valence electrons. The van der Waals surface area contributed by atoms with Crippen molar-refractivity contribution in [3.05, 3.63) is 29.8 Å². The number of benzene rings is 1. The molecule has 1 unspecified atom stereocenters. The molecule has 1 saturated heterocycles. The van der Waals surface area contributed by atoms with Crippen molar-refractivity contribution in [2.45, 2.75) is 12.5 Å². The average Bonchev–Trinajstić information content (AvgIpc) is 2.63. The van der Waals surface area contributed by atoms with E-state index in [1.807, 2.05) is 0 Å². The molecule has 8 nitrogen and oxygen atoms in total. The Morgan fingerprint density at radius 3 is 2.85 bits per heavy atom. The minimum absolute atomic E-state index is 0.294. The number of carbonyl (C=O) groups excluding carboxylic acids is 1. The summed E-state index contributed by atoms with van der Waals surface area (Å²) >= 11 is 0. The molecule has 1 N–H and O–H groups in total. The monoisotopic (exact) mass is 380 g/mol. The fraction of sp³-hybridized carbons (Fsp3) is 0.529. The molecule has 1 aliphatic rings. The molecule has 0 radical (unpaired) electrons. The van der Waals surface area contributed by atoms with Crippen LogP contribution in [0.15, 0.2) is 24.3 Å². The van der Waals surface area contributed by atoms with Gasteiger partial charge < -0.3 is 10.1 Å². The first-order valence-electron chi connectivity index (χ1n) is 8.39. The summed E-state index contributed by atoms with van der Waals surface area (Å²) < 4.78 is 30.7. The normalized spacial score (nSPS) is 18.9. The lowest BCUT2D eigenvalue weighted by Gasteiger charge is -2.38. The second-order valence-corrected chi connectivity index (χ2v) is 8.08. The van der Waals surface area contributed by atoms with Gasteiger partial charge in [0.15, 0.2) is 0 Å². The third-order valence-corrected chi connectivity index (χ3v) is 5.53. The van der Waals surface area contributed by atoms with Crippen molar-refractivity contribution >= 4 is 15.9 Å². The zero-order valence-corrected chi connectivity index (χ0v) is 15.8. The topological polar surface area (TPSA) is 103 Å². The van der Waals surface area contributed by atoms with Crippen molar-refractivity contribution < 1.29 is 17.9 Å². The number of nitrogens with one attached hydrogen (secondary N) is 1. The van der Waals surface area contributed by atoms with E-state index in [9.17, 15) is 13.2 Å². The summed E-state index contributed by atoms with van der Waals surface area (Å²) in [5.41, 5.74) is 0.549. The number of nitriles is 1. The van der Waals surface area contributed by atoms with E-state index < -0.39 is 16.1 Å². The van der Waals surface area contributed by atoms with Gasteiger partial charge in [-0.2, -0.15) is 9.57 Å². The van der Waals surface area contributed by atoms with Gasteiger partial charge in [0, 0.05) is 33.2 Å². The molecule has 1 aromatic rings. The second kappa shape index (κ2) is 8.98. The number of hydrogen-bond donors (Lipinski definition) is 1. The van der Waals surface area contributed by atoms with Gasteiger partial charge in [-0.25, -0.2) is 8.42 Å². The number of sulfonamides is 1. The minimum Gasteiger partial charge on any atom is -0.494 e. The summed E-state index contributed by atoms with van der Waals surface area (Å²) in [6.45, 7) is 2.40. The first-order valence-corrected chi connectivity index (χ1v) is 10.2. The van der Waals surface area contributed by atoms with Gasteiger partial charge in [0.05, 0.1) is 24.5 Å². The van der Waals surface area contributed by atoms with Crippen molar-refractivity contribution in [2.24, 2.45) is 0 Å². The van der Waals surface area contributed by atoms with Gasteiger partial charge in [-0.3, -0.25) is 9.69 Å². The molecule has 1 fully saturated rings. The second-order valence-electron chi connectivity index (χ2n) is 6.15. The van der Waals surface area contributed by atoms with Crippen LogP contribution in [0, 0.1) is 11.3 Å². The molecule has 0 aliphatic carbocycles. The van der Waals surface area contributed by atoms with Gasteiger partial charge in [-0.15, -0.1) is 0 Å². The highest BCUT2D eigenvalue weighted by atomic mass is 32.2. The van der Waals surface area contributed by atoms with E-state index in [0.29, 0.717) is 44.1 Å². The average molecular weight is 380 g/mol. The third-order valence-electron chi connectivity index (χ3n) is 4.24. The molecule has 1 aromatic carbocycles. The molecule has 9 heteroatoms. The molecule has 1 amide bonds. The Morgan fingerprint density at radius 2 is 2.19 bits per heavy atom. The summed E-state index contributed by atoms with van der Waals surface area (Å²) in [4.78, 5) is 14.1. The number of amides is 1. The van der Waals surface area contributed by atoms with Gasteiger partial charge in [0.25, 0.3) is 0 Å². The van der Waals surface area contributed by atoms with Crippen LogP contribution >= 0.6 is 0 Å². The molecule has 0 saturated carbocycles. The largest absolute Gasteiger partial charge is 0.494 e. The summed E-state index contributed by atoms with van der Waals surface area (Å²) in [6, 6.07) is 8.33. The Hall–Kier alpha value is -2.15. The molecule has 0 aromatic heterocycles. The fourth-order valence-corrected chi connectivity index (χ4v) is 3.97. The number of rotatable bonds is 7. The van der Waals surface area contributed by atoms with Crippen LogP contribution in [-0.2, 0) is 14.8 Å². The van der Waals surface area contributed by atoms with E-state index in [1.165, 1.54) is 11.4 Å². The van der Waals surface area contributed by atoms with Crippen molar-refractivity contribution in [3.8, 4) is 11.8 Å². The Kier molecular flexibility index (Phi) is 6.97. The molecule has 1 aliphatic heterocycles. The first-order chi connectivity index (χ1) is 12.3. The van der Waals surface area contributed by atoms with E-state index in [0.717, 1.165) is 12.7 Å². The van der Waals surface area contributed by atoms with Gasteiger partial charge in [-0.05, 0) is 24.6 Å². The summed E-state index contributed by atoms with van der Waals surface area (Å²) in [7, 11) is -1.92. The van der Waals surface area contributed by atoms with E-state index in [2.05, 4.69) is 16.3 Å². The van der Waals surface area contributed by atoms with E-state index in [4.69, 9.17) is 10.00 Å². The maximum absolute atomic E-state index is 12.0. The van der Waals surface area contributed by atoms with Gasteiger partial charge >= 0.3 is 0 Å².